The topological polar surface area (TPSA) is 63.0 Å². The van der Waals surface area contributed by atoms with E-state index in [2.05, 4.69) is 6.92 Å². The van der Waals surface area contributed by atoms with Crippen LogP contribution < -0.4 is 0 Å². The van der Waals surface area contributed by atoms with E-state index in [0.717, 1.165) is 24.8 Å². The Balaban J connectivity index is 1.75. The molecule has 3 rings (SSSR count). The molecule has 2 aromatic carbocycles. The molecule has 0 aliphatic rings. The number of methoxy groups -OCH3 is 1. The number of hydrogen-bond donors (Lipinski definition) is 0. The van der Waals surface area contributed by atoms with E-state index in [1.54, 1.807) is 42.5 Å². The fraction of sp³-hybridized carbons (Fsp3) is 0.357. The van der Waals surface area contributed by atoms with Gasteiger partial charge in [0.2, 0.25) is 5.91 Å². The van der Waals surface area contributed by atoms with Crippen LogP contribution in [0.15, 0.2) is 71.3 Å². The third kappa shape index (κ3) is 8.07. The van der Waals surface area contributed by atoms with Crippen molar-refractivity contribution in [3.8, 4) is 0 Å². The summed E-state index contributed by atoms with van der Waals surface area (Å²) in [5.74, 6) is -0.181. The van der Waals surface area contributed by atoms with Crippen LogP contribution in [-0.4, -0.2) is 48.4 Å². The molecule has 1 heterocycles. The maximum absolute atomic E-state index is 13.4. The lowest BCUT2D eigenvalue weighted by Gasteiger charge is -2.27. The van der Waals surface area contributed by atoms with E-state index in [0.29, 0.717) is 17.9 Å². The highest BCUT2D eigenvalue weighted by Gasteiger charge is 2.23. The molecule has 1 aromatic heterocycles. The molecule has 0 fully saturated rings. The van der Waals surface area contributed by atoms with Gasteiger partial charge in [-0.2, -0.15) is 0 Å². The first-order valence-corrected chi connectivity index (χ1v) is 11.9. The molecular formula is C28H33FN2O4. The molecule has 0 aliphatic carbocycles. The lowest BCUT2D eigenvalue weighted by Crippen LogP contribution is -2.43. The number of furan rings is 1. The summed E-state index contributed by atoms with van der Waals surface area (Å²) < 4.78 is 24.0. The van der Waals surface area contributed by atoms with Crippen LogP contribution >= 0.6 is 0 Å². The molecule has 0 saturated carbocycles. The van der Waals surface area contributed by atoms with Crippen molar-refractivity contribution < 1.29 is 23.1 Å². The van der Waals surface area contributed by atoms with Gasteiger partial charge in [-0.15, -0.1) is 0 Å². The van der Waals surface area contributed by atoms with Crippen molar-refractivity contribution in [2.75, 3.05) is 26.8 Å². The number of ether oxygens (including phenoxy) is 1. The molecular weight excluding hydrogens is 447 g/mol. The number of carbonyl (C=O) groups is 2. The monoisotopic (exact) mass is 480 g/mol. The smallest absolute Gasteiger partial charge is 0.254 e. The van der Waals surface area contributed by atoms with Crippen molar-refractivity contribution in [1.29, 1.82) is 0 Å². The van der Waals surface area contributed by atoms with Crippen LogP contribution in [0.25, 0.3) is 0 Å². The van der Waals surface area contributed by atoms with Crippen LogP contribution in [0.4, 0.5) is 4.39 Å². The van der Waals surface area contributed by atoms with Gasteiger partial charge in [0.15, 0.2) is 0 Å². The van der Waals surface area contributed by atoms with E-state index >= 15 is 0 Å². The molecule has 6 nitrogen and oxygen atoms in total. The van der Waals surface area contributed by atoms with E-state index in [9.17, 15) is 14.0 Å². The summed E-state index contributed by atoms with van der Waals surface area (Å²) in [5.41, 5.74) is 2.50. The quantitative estimate of drug-likeness (QED) is 0.342. The van der Waals surface area contributed by atoms with Gasteiger partial charge in [0.25, 0.3) is 5.91 Å². The molecule has 0 unspecified atom stereocenters. The third-order valence-corrected chi connectivity index (χ3v) is 5.76. The van der Waals surface area contributed by atoms with Gasteiger partial charge in [-0.05, 0) is 60.4 Å². The summed E-state index contributed by atoms with van der Waals surface area (Å²) in [4.78, 5) is 29.8. The van der Waals surface area contributed by atoms with Gasteiger partial charge in [-0.25, -0.2) is 4.39 Å². The van der Waals surface area contributed by atoms with E-state index < -0.39 is 0 Å². The zero-order valence-corrected chi connectivity index (χ0v) is 20.4. The molecule has 0 bridgehead atoms. The predicted molar refractivity (Wildman–Crippen MR) is 132 cm³/mol. The molecule has 35 heavy (non-hydrogen) atoms. The molecule has 0 N–H and O–H groups in total. The summed E-state index contributed by atoms with van der Waals surface area (Å²) >= 11 is 0. The maximum atomic E-state index is 13.4. The fourth-order valence-corrected chi connectivity index (χ4v) is 3.73. The van der Waals surface area contributed by atoms with Crippen molar-refractivity contribution >= 4 is 11.8 Å². The summed E-state index contributed by atoms with van der Waals surface area (Å²) in [6.07, 6.45) is 4.73. The number of rotatable bonds is 13. The van der Waals surface area contributed by atoms with Crippen molar-refractivity contribution in [2.45, 2.75) is 39.3 Å². The molecule has 186 valence electrons. The number of unbranched alkanes of at least 4 members (excludes halogenated alkanes) is 1. The highest BCUT2D eigenvalue weighted by atomic mass is 19.1. The molecule has 3 aromatic rings. The lowest BCUT2D eigenvalue weighted by atomic mass is 10.1. The first-order chi connectivity index (χ1) is 17.0. The van der Waals surface area contributed by atoms with Gasteiger partial charge in [0.05, 0.1) is 19.4 Å². The van der Waals surface area contributed by atoms with Gasteiger partial charge >= 0.3 is 0 Å². The zero-order valence-electron chi connectivity index (χ0n) is 20.4. The van der Waals surface area contributed by atoms with Crippen molar-refractivity contribution in [3.05, 3.63) is 95.2 Å². The Morgan fingerprint density at radius 3 is 2.29 bits per heavy atom. The molecule has 0 aliphatic heterocycles. The summed E-state index contributed by atoms with van der Waals surface area (Å²) in [7, 11) is 1.56. The standard InChI is InChI=1S/C28H33FN2O4/c1-3-4-6-22-8-12-24(13-9-22)28(33)30(16-18-34-2)21-27(32)31(20-26-7-5-17-35-26)19-23-10-14-25(29)15-11-23/h5,7-15,17H,3-4,6,16,18-21H2,1-2H3. The van der Waals surface area contributed by atoms with Crippen LogP contribution in [0.1, 0.15) is 47.0 Å². The maximum Gasteiger partial charge on any atom is 0.254 e. The second kappa shape index (κ2) is 13.4. The van der Waals surface area contributed by atoms with Gasteiger partial charge in [-0.3, -0.25) is 9.59 Å². The van der Waals surface area contributed by atoms with Gasteiger partial charge in [0.1, 0.15) is 18.1 Å². The predicted octanol–water partition coefficient (Wildman–Crippen LogP) is 5.08. The minimum absolute atomic E-state index is 0.109. The Morgan fingerprint density at radius 1 is 0.943 bits per heavy atom. The molecule has 0 saturated heterocycles. The van der Waals surface area contributed by atoms with Gasteiger partial charge in [0, 0.05) is 25.8 Å². The van der Waals surface area contributed by atoms with E-state index in [-0.39, 0.29) is 43.8 Å². The van der Waals surface area contributed by atoms with Crippen LogP contribution in [0.5, 0.6) is 0 Å². The SMILES string of the molecule is CCCCc1ccc(C(=O)N(CCOC)CC(=O)N(Cc2ccc(F)cc2)Cc2ccco2)cc1. The molecule has 0 spiro atoms. The number of benzene rings is 2. The largest absolute Gasteiger partial charge is 0.467 e. The van der Waals surface area contributed by atoms with Gasteiger partial charge in [-0.1, -0.05) is 37.6 Å². The zero-order chi connectivity index (χ0) is 25.0. The summed E-state index contributed by atoms with van der Waals surface area (Å²) in [5, 5.41) is 0. The Morgan fingerprint density at radius 2 is 1.66 bits per heavy atom. The lowest BCUT2D eigenvalue weighted by molar-refractivity contribution is -0.133. The Hall–Kier alpha value is -3.45. The van der Waals surface area contributed by atoms with Gasteiger partial charge < -0.3 is 19.0 Å². The average molecular weight is 481 g/mol. The third-order valence-electron chi connectivity index (χ3n) is 5.76. The highest BCUT2D eigenvalue weighted by Crippen LogP contribution is 2.14. The highest BCUT2D eigenvalue weighted by molar-refractivity contribution is 5.96. The normalized spacial score (nSPS) is 10.8. The average Bonchev–Trinajstić information content (AvgIpc) is 3.39. The van der Waals surface area contributed by atoms with Crippen LogP contribution in [0.3, 0.4) is 0 Å². The number of nitrogens with zero attached hydrogens (tertiary/aromatic N) is 2. The number of amides is 2. The molecule has 7 heteroatoms. The number of hydrogen-bond acceptors (Lipinski definition) is 4. The van der Waals surface area contributed by atoms with Crippen LogP contribution in [0.2, 0.25) is 0 Å². The van der Waals surface area contributed by atoms with E-state index in [1.165, 1.54) is 22.6 Å². The van der Waals surface area contributed by atoms with Crippen LogP contribution in [0, 0.1) is 5.82 Å². The minimum atomic E-state index is -0.338. The number of carbonyl (C=O) groups excluding carboxylic acids is 2. The molecule has 2 amide bonds. The Bertz CT molecular complexity index is 1050. The molecule has 0 atom stereocenters. The summed E-state index contributed by atoms with van der Waals surface area (Å²) in [6.45, 7) is 3.13. The second-order valence-corrected chi connectivity index (χ2v) is 8.48. The van der Waals surface area contributed by atoms with E-state index in [1.807, 2.05) is 24.3 Å². The summed E-state index contributed by atoms with van der Waals surface area (Å²) in [6, 6.07) is 17.1. The Labute approximate surface area is 206 Å². The number of halogens is 1. The molecule has 0 radical (unpaired) electrons. The van der Waals surface area contributed by atoms with Crippen molar-refractivity contribution in [1.82, 2.24) is 9.80 Å². The van der Waals surface area contributed by atoms with Crippen molar-refractivity contribution in [3.63, 3.8) is 0 Å². The minimum Gasteiger partial charge on any atom is -0.467 e. The second-order valence-electron chi connectivity index (χ2n) is 8.48. The van der Waals surface area contributed by atoms with Crippen molar-refractivity contribution in [2.24, 2.45) is 0 Å². The number of aryl methyl sites for hydroxylation is 1. The van der Waals surface area contributed by atoms with E-state index in [4.69, 9.17) is 9.15 Å². The first kappa shape index (κ1) is 26.2. The van der Waals surface area contributed by atoms with Crippen LogP contribution in [-0.2, 0) is 29.0 Å². The Kier molecular flexibility index (Phi) is 10.0. The fourth-order valence-electron chi connectivity index (χ4n) is 3.73. The first-order valence-electron chi connectivity index (χ1n) is 11.9.